The number of hydrogen-bond donors (Lipinski definition) is 1. The van der Waals surface area contributed by atoms with E-state index in [1.807, 2.05) is 0 Å². The minimum atomic E-state index is -4.00. The zero-order valence-electron chi connectivity index (χ0n) is 10.5. The summed E-state index contributed by atoms with van der Waals surface area (Å²) in [4.78, 5) is 10.7. The minimum Gasteiger partial charge on any atom is -0.480 e. The number of likely N-dealkylation sites (N-methyl/N-ethyl adjacent to an activating group) is 1. The van der Waals surface area contributed by atoms with Gasteiger partial charge in [-0.15, -0.1) is 0 Å². The lowest BCUT2D eigenvalue weighted by Gasteiger charge is -2.22. The smallest absolute Gasteiger partial charge is 0.321 e. The molecule has 8 heteroatoms. The Bertz CT molecular complexity index is 617. The van der Waals surface area contributed by atoms with Crippen molar-refractivity contribution in [3.63, 3.8) is 0 Å². The average Bonchev–Trinajstić information content (AvgIpc) is 2.31. The number of carboxylic acid groups (broad SMARTS) is 1. The molecule has 1 aromatic carbocycles. The molecule has 1 N–H and O–H groups in total. The summed E-state index contributed by atoms with van der Waals surface area (Å²) >= 11 is 2.91. The monoisotopic (exact) mass is 353 g/mol. The second kappa shape index (κ2) is 5.56. The van der Waals surface area contributed by atoms with E-state index in [-0.39, 0.29) is 14.9 Å². The van der Waals surface area contributed by atoms with E-state index in [1.165, 1.54) is 20.9 Å². The van der Waals surface area contributed by atoms with Crippen molar-refractivity contribution < 1.29 is 22.7 Å². The lowest BCUT2D eigenvalue weighted by Crippen LogP contribution is -2.40. The van der Waals surface area contributed by atoms with Crippen LogP contribution in [0, 0.1) is 12.7 Å². The highest BCUT2D eigenvalue weighted by molar-refractivity contribution is 9.10. The Morgan fingerprint density at radius 1 is 1.47 bits per heavy atom. The molecule has 0 heterocycles. The molecule has 0 aliphatic carbocycles. The SMILES string of the molecule is Cc1cc(F)c(Br)cc1S(=O)(=O)N(C)C(C)C(=O)O. The first-order valence-corrected chi connectivity index (χ1v) is 7.48. The summed E-state index contributed by atoms with van der Waals surface area (Å²) in [5, 5.41) is 8.86. The number of sulfonamides is 1. The zero-order chi connectivity index (χ0) is 15.0. The van der Waals surface area contributed by atoms with E-state index >= 15 is 0 Å². The molecule has 1 aromatic rings. The normalized spacial score (nSPS) is 13.6. The Hall–Kier alpha value is -0.990. The molecule has 0 saturated heterocycles. The molecule has 19 heavy (non-hydrogen) atoms. The van der Waals surface area contributed by atoms with Gasteiger partial charge in [-0.1, -0.05) is 0 Å². The maximum absolute atomic E-state index is 13.3. The van der Waals surface area contributed by atoms with Crippen molar-refractivity contribution in [2.45, 2.75) is 24.8 Å². The van der Waals surface area contributed by atoms with Crippen molar-refractivity contribution >= 4 is 31.9 Å². The third kappa shape index (κ3) is 3.13. The summed E-state index contributed by atoms with van der Waals surface area (Å²) in [7, 11) is -2.83. The van der Waals surface area contributed by atoms with Crippen LogP contribution in [0.3, 0.4) is 0 Å². The van der Waals surface area contributed by atoms with Crippen LogP contribution >= 0.6 is 15.9 Å². The highest BCUT2D eigenvalue weighted by Gasteiger charge is 2.31. The number of hydrogen-bond acceptors (Lipinski definition) is 3. The van der Waals surface area contributed by atoms with E-state index in [9.17, 15) is 17.6 Å². The molecular weight excluding hydrogens is 341 g/mol. The average molecular weight is 354 g/mol. The van der Waals surface area contributed by atoms with Crippen LogP contribution in [0.1, 0.15) is 12.5 Å². The zero-order valence-corrected chi connectivity index (χ0v) is 12.9. The van der Waals surface area contributed by atoms with Crippen molar-refractivity contribution in [1.82, 2.24) is 4.31 Å². The van der Waals surface area contributed by atoms with Crippen LogP contribution < -0.4 is 0 Å². The summed E-state index contributed by atoms with van der Waals surface area (Å²) in [5.41, 5.74) is 0.213. The van der Waals surface area contributed by atoms with Gasteiger partial charge in [0, 0.05) is 7.05 Å². The summed E-state index contributed by atoms with van der Waals surface area (Å²) in [5.74, 6) is -1.84. The summed E-state index contributed by atoms with van der Waals surface area (Å²) < 4.78 is 38.6. The van der Waals surface area contributed by atoms with Gasteiger partial charge in [0.25, 0.3) is 0 Å². The first-order chi connectivity index (χ1) is 8.59. The second-order valence-electron chi connectivity index (χ2n) is 4.07. The molecule has 1 rings (SSSR count). The van der Waals surface area contributed by atoms with Crippen LogP contribution in [0.4, 0.5) is 4.39 Å². The molecule has 0 spiro atoms. The quantitative estimate of drug-likeness (QED) is 0.898. The number of carboxylic acids is 1. The van der Waals surface area contributed by atoms with Gasteiger partial charge >= 0.3 is 5.97 Å². The van der Waals surface area contributed by atoms with Gasteiger partial charge in [0.2, 0.25) is 10.0 Å². The fraction of sp³-hybridized carbons (Fsp3) is 0.364. The van der Waals surface area contributed by atoms with E-state index in [1.54, 1.807) is 0 Å². The van der Waals surface area contributed by atoms with E-state index in [0.29, 0.717) is 0 Å². The maximum atomic E-state index is 13.3. The molecule has 0 aromatic heterocycles. The van der Waals surface area contributed by atoms with Gasteiger partial charge in [0.05, 0.1) is 9.37 Å². The largest absolute Gasteiger partial charge is 0.480 e. The molecule has 1 unspecified atom stereocenters. The van der Waals surface area contributed by atoms with Gasteiger partial charge in [0.15, 0.2) is 0 Å². The Kier molecular flexibility index (Phi) is 4.70. The third-order valence-electron chi connectivity index (χ3n) is 2.78. The summed E-state index contributed by atoms with van der Waals surface area (Å²) in [6.45, 7) is 2.70. The van der Waals surface area contributed by atoms with Crippen LogP contribution in [-0.4, -0.2) is 36.9 Å². The molecule has 106 valence electrons. The molecule has 1 atom stereocenters. The van der Waals surface area contributed by atoms with Crippen LogP contribution in [-0.2, 0) is 14.8 Å². The lowest BCUT2D eigenvalue weighted by atomic mass is 10.2. The van der Waals surface area contributed by atoms with E-state index in [2.05, 4.69) is 15.9 Å². The number of rotatable bonds is 4. The Morgan fingerprint density at radius 3 is 2.47 bits per heavy atom. The van der Waals surface area contributed by atoms with Gasteiger partial charge in [-0.2, -0.15) is 4.31 Å². The van der Waals surface area contributed by atoms with Crippen LogP contribution in [0.15, 0.2) is 21.5 Å². The number of aryl methyl sites for hydroxylation is 1. The van der Waals surface area contributed by atoms with Gasteiger partial charge in [-0.3, -0.25) is 4.79 Å². The second-order valence-corrected chi connectivity index (χ2v) is 6.89. The van der Waals surface area contributed by atoms with E-state index in [4.69, 9.17) is 5.11 Å². The molecule has 0 saturated carbocycles. The van der Waals surface area contributed by atoms with Crippen LogP contribution in [0.2, 0.25) is 0 Å². The minimum absolute atomic E-state index is 0.00746. The van der Waals surface area contributed by atoms with Gasteiger partial charge < -0.3 is 5.11 Å². The van der Waals surface area contributed by atoms with Crippen LogP contribution in [0.25, 0.3) is 0 Å². The van der Waals surface area contributed by atoms with Crippen molar-refractivity contribution in [3.05, 3.63) is 28.0 Å². The van der Waals surface area contributed by atoms with Gasteiger partial charge in [0.1, 0.15) is 11.9 Å². The van der Waals surface area contributed by atoms with E-state index in [0.717, 1.165) is 16.4 Å². The first kappa shape index (κ1) is 16.1. The molecule has 0 bridgehead atoms. The molecule has 0 aliphatic rings. The predicted octanol–water partition coefficient (Wildman–Crippen LogP) is 1.99. The highest BCUT2D eigenvalue weighted by Crippen LogP contribution is 2.26. The van der Waals surface area contributed by atoms with Gasteiger partial charge in [-0.05, 0) is 47.5 Å². The standard InChI is InChI=1S/C11H13BrFNO4S/c1-6-4-9(13)8(12)5-10(6)19(17,18)14(3)7(2)11(15)16/h4-5,7H,1-3H3,(H,15,16). The number of aliphatic carboxylic acids is 1. The van der Waals surface area contributed by atoms with Gasteiger partial charge in [-0.25, -0.2) is 12.8 Å². The Labute approximate surface area is 119 Å². The van der Waals surface area contributed by atoms with Crippen LogP contribution in [0.5, 0.6) is 0 Å². The Morgan fingerprint density at radius 2 is 2.00 bits per heavy atom. The van der Waals surface area contributed by atoms with Crippen molar-refractivity contribution in [1.29, 1.82) is 0 Å². The molecule has 5 nitrogen and oxygen atoms in total. The summed E-state index contributed by atoms with van der Waals surface area (Å²) in [6.07, 6.45) is 0. The van der Waals surface area contributed by atoms with Crippen molar-refractivity contribution in [2.24, 2.45) is 0 Å². The van der Waals surface area contributed by atoms with Crippen molar-refractivity contribution in [2.75, 3.05) is 7.05 Å². The maximum Gasteiger partial charge on any atom is 0.321 e. The summed E-state index contributed by atoms with van der Waals surface area (Å²) in [6, 6.07) is 0.995. The fourth-order valence-corrected chi connectivity index (χ4v) is 3.47. The lowest BCUT2D eigenvalue weighted by molar-refractivity contribution is -0.140. The third-order valence-corrected chi connectivity index (χ3v) is 5.46. The number of nitrogens with zero attached hydrogens (tertiary/aromatic N) is 1. The number of halogens is 2. The molecule has 0 radical (unpaired) electrons. The fourth-order valence-electron chi connectivity index (χ4n) is 1.42. The topological polar surface area (TPSA) is 74.7 Å². The van der Waals surface area contributed by atoms with Crippen molar-refractivity contribution in [3.8, 4) is 0 Å². The molecular formula is C11H13BrFNO4S. The number of benzene rings is 1. The first-order valence-electron chi connectivity index (χ1n) is 5.25. The molecule has 0 aliphatic heterocycles. The number of carbonyl (C=O) groups is 1. The molecule has 0 amide bonds. The van der Waals surface area contributed by atoms with E-state index < -0.39 is 27.9 Å². The Balaban J connectivity index is 3.36. The molecule has 0 fully saturated rings. The predicted molar refractivity (Wildman–Crippen MR) is 70.9 cm³/mol. The highest BCUT2D eigenvalue weighted by atomic mass is 79.9.